The van der Waals surface area contributed by atoms with Gasteiger partial charge in [0.25, 0.3) is 0 Å². The van der Waals surface area contributed by atoms with Gasteiger partial charge in [-0.05, 0) is 26.6 Å². The molecule has 7 nitrogen and oxygen atoms in total. The van der Waals surface area contributed by atoms with E-state index < -0.39 is 6.03 Å². The molecule has 0 aliphatic heterocycles. The zero-order chi connectivity index (χ0) is 18.2. The molecule has 0 radical (unpaired) electrons. The van der Waals surface area contributed by atoms with E-state index in [9.17, 15) is 4.79 Å². The van der Waals surface area contributed by atoms with E-state index >= 15 is 0 Å². The fourth-order valence-corrected chi connectivity index (χ4v) is 2.26. The maximum atomic E-state index is 12.1. The first-order chi connectivity index (χ1) is 12.0. The summed E-state index contributed by atoms with van der Waals surface area (Å²) < 4.78 is 5.73. The van der Waals surface area contributed by atoms with Gasteiger partial charge in [-0.3, -0.25) is 10.3 Å². The average molecular weight is 384 g/mol. The number of urea groups is 1. The summed E-state index contributed by atoms with van der Waals surface area (Å²) in [4.78, 5) is 22.0. The number of carbonyl (C=O) groups is 1. The molecule has 0 spiro atoms. The molecule has 2 amide bonds. The fourth-order valence-electron chi connectivity index (χ4n) is 1.94. The highest BCUT2D eigenvalue weighted by molar-refractivity contribution is 6.42. The minimum atomic E-state index is -0.489. The molecule has 134 valence electrons. The van der Waals surface area contributed by atoms with Crippen molar-refractivity contribution in [1.82, 2.24) is 14.9 Å². The van der Waals surface area contributed by atoms with Crippen molar-refractivity contribution in [2.45, 2.75) is 6.42 Å². The number of carbonyl (C=O) groups excluding carboxylic acids is 1. The minimum absolute atomic E-state index is 0.317. The van der Waals surface area contributed by atoms with Crippen LogP contribution in [-0.4, -0.2) is 48.1 Å². The van der Waals surface area contributed by atoms with E-state index in [1.807, 2.05) is 14.1 Å². The lowest BCUT2D eigenvalue weighted by atomic mass is 10.3. The molecular weight excluding hydrogens is 365 g/mol. The number of benzene rings is 1. The maximum absolute atomic E-state index is 12.1. The lowest BCUT2D eigenvalue weighted by Gasteiger charge is -2.15. The molecule has 2 aromatic rings. The number of aromatic nitrogens is 2. The first-order valence-corrected chi connectivity index (χ1v) is 8.32. The van der Waals surface area contributed by atoms with Crippen LogP contribution in [0.1, 0.15) is 6.42 Å². The molecule has 0 saturated carbocycles. The van der Waals surface area contributed by atoms with Gasteiger partial charge in [-0.1, -0.05) is 23.2 Å². The quantitative estimate of drug-likeness (QED) is 0.711. The second-order valence-electron chi connectivity index (χ2n) is 5.44. The van der Waals surface area contributed by atoms with Gasteiger partial charge in [0, 0.05) is 25.0 Å². The average Bonchev–Trinajstić information content (AvgIpc) is 2.56. The molecular formula is C16H19Cl2N5O2. The Morgan fingerprint density at radius 3 is 2.64 bits per heavy atom. The van der Waals surface area contributed by atoms with Crippen LogP contribution in [0, 0.1) is 0 Å². The number of anilines is 2. The molecule has 2 rings (SSSR count). The van der Waals surface area contributed by atoms with Gasteiger partial charge in [-0.2, -0.15) is 0 Å². The normalized spacial score (nSPS) is 10.6. The Balaban J connectivity index is 2.04. The van der Waals surface area contributed by atoms with Crippen LogP contribution in [0.25, 0.3) is 0 Å². The van der Waals surface area contributed by atoms with Crippen molar-refractivity contribution >= 4 is 40.7 Å². The number of nitrogens with one attached hydrogen (secondary N) is 2. The number of rotatable bonds is 7. The molecule has 1 aromatic heterocycles. The lowest BCUT2D eigenvalue weighted by molar-refractivity contribution is 0.261. The minimum Gasteiger partial charge on any atom is -0.491 e. The molecule has 25 heavy (non-hydrogen) atoms. The monoisotopic (exact) mass is 383 g/mol. The summed E-state index contributed by atoms with van der Waals surface area (Å²) in [7, 11) is 3.98. The van der Waals surface area contributed by atoms with Gasteiger partial charge in [0.15, 0.2) is 5.82 Å². The molecule has 0 unspecified atom stereocenters. The van der Waals surface area contributed by atoms with E-state index in [-0.39, 0.29) is 0 Å². The van der Waals surface area contributed by atoms with E-state index in [0.717, 1.165) is 13.0 Å². The van der Waals surface area contributed by atoms with Crippen molar-refractivity contribution in [3.63, 3.8) is 0 Å². The maximum Gasteiger partial charge on any atom is 0.325 e. The molecule has 0 aliphatic carbocycles. The number of ether oxygens (including phenoxy) is 1. The summed E-state index contributed by atoms with van der Waals surface area (Å²) in [6.45, 7) is 1.37. The third kappa shape index (κ3) is 6.38. The predicted octanol–water partition coefficient (Wildman–Crippen LogP) is 3.76. The topological polar surface area (TPSA) is 79.4 Å². The summed E-state index contributed by atoms with van der Waals surface area (Å²) in [6, 6.07) is 2.64. The highest BCUT2D eigenvalue weighted by Gasteiger charge is 2.12. The zero-order valence-electron chi connectivity index (χ0n) is 13.9. The van der Waals surface area contributed by atoms with Crippen LogP contribution < -0.4 is 15.4 Å². The van der Waals surface area contributed by atoms with Crippen LogP contribution >= 0.6 is 23.2 Å². The third-order valence-electron chi connectivity index (χ3n) is 3.08. The molecule has 9 heteroatoms. The Hall–Kier alpha value is -2.09. The predicted molar refractivity (Wildman–Crippen MR) is 99.8 cm³/mol. The Labute approximate surface area is 156 Å². The number of amides is 2. The van der Waals surface area contributed by atoms with Crippen molar-refractivity contribution in [2.24, 2.45) is 0 Å². The molecule has 1 aromatic carbocycles. The number of hydrogen-bond donors (Lipinski definition) is 2. The van der Waals surface area contributed by atoms with Gasteiger partial charge in [0.05, 0.1) is 28.5 Å². The molecule has 0 bridgehead atoms. The van der Waals surface area contributed by atoms with Crippen molar-refractivity contribution in [1.29, 1.82) is 0 Å². The van der Waals surface area contributed by atoms with Crippen LogP contribution in [0.15, 0.2) is 30.7 Å². The summed E-state index contributed by atoms with van der Waals surface area (Å²) >= 11 is 12.1. The van der Waals surface area contributed by atoms with Crippen LogP contribution in [0.2, 0.25) is 10.0 Å². The van der Waals surface area contributed by atoms with E-state index in [4.69, 9.17) is 27.9 Å². The van der Waals surface area contributed by atoms with Crippen molar-refractivity contribution in [2.75, 3.05) is 37.9 Å². The smallest absolute Gasteiger partial charge is 0.325 e. The SMILES string of the molecule is CN(C)CCCOc1cc(Cl)c(Cl)cc1NC(=O)Nc1cnccn1. The standard InChI is InChI=1S/C16H19Cl2N5O2/c1-23(2)6-3-7-25-14-9-12(18)11(17)8-13(14)21-16(24)22-15-10-19-4-5-20-15/h4-5,8-10H,3,6-7H2,1-2H3,(H2,20,21,22,24). The Kier molecular flexibility index (Phi) is 7.24. The van der Waals surface area contributed by atoms with Crippen molar-refractivity contribution in [3.8, 4) is 5.75 Å². The van der Waals surface area contributed by atoms with Crippen LogP contribution in [-0.2, 0) is 0 Å². The largest absolute Gasteiger partial charge is 0.491 e. The van der Waals surface area contributed by atoms with Gasteiger partial charge in [0.1, 0.15) is 5.75 Å². The summed E-state index contributed by atoms with van der Waals surface area (Å²) in [6.07, 6.45) is 5.27. The molecule has 0 fully saturated rings. The third-order valence-corrected chi connectivity index (χ3v) is 3.80. The molecule has 0 aliphatic rings. The first kappa shape index (κ1) is 19.2. The summed E-state index contributed by atoms with van der Waals surface area (Å²) in [5.74, 6) is 0.774. The highest BCUT2D eigenvalue weighted by atomic mass is 35.5. The number of nitrogens with zero attached hydrogens (tertiary/aromatic N) is 3. The van der Waals surface area contributed by atoms with Crippen LogP contribution in [0.5, 0.6) is 5.75 Å². The Bertz CT molecular complexity index is 713. The lowest BCUT2D eigenvalue weighted by Crippen LogP contribution is -2.21. The van der Waals surface area contributed by atoms with E-state index in [1.54, 1.807) is 12.1 Å². The fraction of sp³-hybridized carbons (Fsp3) is 0.312. The number of halogens is 2. The highest BCUT2D eigenvalue weighted by Crippen LogP contribution is 2.34. The zero-order valence-corrected chi connectivity index (χ0v) is 15.4. The summed E-state index contributed by atoms with van der Waals surface area (Å²) in [5.41, 5.74) is 0.417. The van der Waals surface area contributed by atoms with Crippen LogP contribution in [0.3, 0.4) is 0 Å². The second kappa shape index (κ2) is 9.41. The molecule has 1 heterocycles. The summed E-state index contributed by atoms with van der Waals surface area (Å²) in [5, 5.41) is 5.92. The Morgan fingerprint density at radius 1 is 1.20 bits per heavy atom. The number of hydrogen-bond acceptors (Lipinski definition) is 5. The van der Waals surface area contributed by atoms with Crippen molar-refractivity contribution in [3.05, 3.63) is 40.8 Å². The van der Waals surface area contributed by atoms with Gasteiger partial charge < -0.3 is 15.0 Å². The molecule has 0 atom stereocenters. The molecule has 2 N–H and O–H groups in total. The second-order valence-corrected chi connectivity index (χ2v) is 6.25. The Morgan fingerprint density at radius 2 is 1.96 bits per heavy atom. The first-order valence-electron chi connectivity index (χ1n) is 7.56. The van der Waals surface area contributed by atoms with E-state index in [2.05, 4.69) is 25.5 Å². The van der Waals surface area contributed by atoms with Gasteiger partial charge in [0.2, 0.25) is 0 Å². The van der Waals surface area contributed by atoms with Gasteiger partial charge >= 0.3 is 6.03 Å². The van der Waals surface area contributed by atoms with Crippen molar-refractivity contribution < 1.29 is 9.53 Å². The van der Waals surface area contributed by atoms with Crippen LogP contribution in [0.4, 0.5) is 16.3 Å². The molecule has 0 saturated heterocycles. The van der Waals surface area contributed by atoms with E-state index in [1.165, 1.54) is 18.6 Å². The van der Waals surface area contributed by atoms with Gasteiger partial charge in [-0.15, -0.1) is 0 Å². The van der Waals surface area contributed by atoms with E-state index in [0.29, 0.717) is 33.9 Å². The van der Waals surface area contributed by atoms with Gasteiger partial charge in [-0.25, -0.2) is 9.78 Å².